The maximum Gasteiger partial charge on any atom is 0.265 e. The summed E-state index contributed by atoms with van der Waals surface area (Å²) in [4.78, 5) is 14.1. The van der Waals surface area contributed by atoms with E-state index < -0.39 is 40.2 Å². The first-order chi connectivity index (χ1) is 12.3. The van der Waals surface area contributed by atoms with Crippen molar-refractivity contribution >= 4 is 16.0 Å². The molecule has 1 heterocycles. The highest BCUT2D eigenvalue weighted by molar-refractivity contribution is 7.86. The molecular formula is C19H21NO5S. The Kier molecular flexibility index (Phi) is 5.13. The highest BCUT2D eigenvalue weighted by Crippen LogP contribution is 2.42. The molecule has 1 N–H and O–H groups in total. The standard InChI is InChI=1S/C19H21NO5S/c1-20-16(17(21)14-11-7-4-8-12-14)15(13-9-5-3-6-10-13)18(19(20)22)25-26(2,23)24/h3-12,15-18,21H,1-2H3/t15-,16+,17-,18-/m0/s1. The summed E-state index contributed by atoms with van der Waals surface area (Å²) in [5.74, 6) is -1.09. The zero-order chi connectivity index (χ0) is 18.9. The fourth-order valence-electron chi connectivity index (χ4n) is 3.51. The molecule has 1 aliphatic rings. The Morgan fingerprint density at radius 2 is 1.58 bits per heavy atom. The molecule has 0 bridgehead atoms. The SMILES string of the molecule is CN1C(=O)[C@@H](OS(C)(=O)=O)[C@@H](c2ccccc2)[C@@H]1[C@@H](O)c1ccccc1. The highest BCUT2D eigenvalue weighted by Gasteiger charge is 2.52. The summed E-state index contributed by atoms with van der Waals surface area (Å²) in [6.07, 6.45) is -1.27. The summed E-state index contributed by atoms with van der Waals surface area (Å²) in [6, 6.07) is 17.4. The number of hydrogen-bond donors (Lipinski definition) is 1. The lowest BCUT2D eigenvalue weighted by Crippen LogP contribution is -2.36. The normalized spacial score (nSPS) is 24.7. The van der Waals surface area contributed by atoms with Crippen molar-refractivity contribution in [3.8, 4) is 0 Å². The van der Waals surface area contributed by atoms with Gasteiger partial charge in [0.2, 0.25) is 0 Å². The van der Waals surface area contributed by atoms with E-state index in [0.29, 0.717) is 5.56 Å². The van der Waals surface area contributed by atoms with Gasteiger partial charge in [-0.05, 0) is 11.1 Å². The number of carbonyl (C=O) groups is 1. The lowest BCUT2D eigenvalue weighted by Gasteiger charge is -2.30. The number of likely N-dealkylation sites (tertiary alicyclic amines) is 1. The average Bonchev–Trinajstić information content (AvgIpc) is 2.86. The second kappa shape index (κ2) is 7.19. The number of hydrogen-bond acceptors (Lipinski definition) is 5. The molecule has 4 atom stereocenters. The Labute approximate surface area is 153 Å². The molecule has 1 saturated heterocycles. The first-order valence-electron chi connectivity index (χ1n) is 8.22. The minimum absolute atomic E-state index is 0.468. The first-order valence-corrected chi connectivity index (χ1v) is 10.0. The van der Waals surface area contributed by atoms with Gasteiger partial charge in [-0.1, -0.05) is 60.7 Å². The summed E-state index contributed by atoms with van der Waals surface area (Å²) in [5.41, 5.74) is 1.39. The third kappa shape index (κ3) is 3.65. The van der Waals surface area contributed by atoms with Crippen molar-refractivity contribution in [3.05, 3.63) is 71.8 Å². The van der Waals surface area contributed by atoms with Crippen LogP contribution in [0.1, 0.15) is 23.1 Å². The average molecular weight is 375 g/mol. The monoisotopic (exact) mass is 375 g/mol. The smallest absolute Gasteiger partial charge is 0.265 e. The van der Waals surface area contributed by atoms with Gasteiger partial charge in [0, 0.05) is 13.0 Å². The molecule has 0 spiro atoms. The van der Waals surface area contributed by atoms with Crippen LogP contribution >= 0.6 is 0 Å². The van der Waals surface area contributed by atoms with Gasteiger partial charge in [-0.15, -0.1) is 0 Å². The number of carbonyl (C=O) groups excluding carboxylic acids is 1. The van der Waals surface area contributed by atoms with E-state index in [1.165, 1.54) is 4.90 Å². The van der Waals surface area contributed by atoms with Gasteiger partial charge in [0.1, 0.15) is 6.10 Å². The first kappa shape index (κ1) is 18.6. The van der Waals surface area contributed by atoms with Gasteiger partial charge >= 0.3 is 0 Å². The van der Waals surface area contributed by atoms with Crippen molar-refractivity contribution in [2.45, 2.75) is 24.2 Å². The van der Waals surface area contributed by atoms with Crippen LogP contribution in [0.5, 0.6) is 0 Å². The summed E-state index contributed by atoms with van der Waals surface area (Å²) >= 11 is 0. The Bertz CT molecular complexity index is 869. The van der Waals surface area contributed by atoms with Gasteiger partial charge in [-0.2, -0.15) is 8.42 Å². The van der Waals surface area contributed by atoms with Crippen LogP contribution in [-0.2, 0) is 19.1 Å². The third-order valence-electron chi connectivity index (χ3n) is 4.66. The summed E-state index contributed by atoms with van der Waals surface area (Å²) in [6.45, 7) is 0. The Balaban J connectivity index is 2.07. The van der Waals surface area contributed by atoms with E-state index in [-0.39, 0.29) is 0 Å². The Morgan fingerprint density at radius 1 is 1.04 bits per heavy atom. The van der Waals surface area contributed by atoms with Gasteiger partial charge in [0.05, 0.1) is 12.3 Å². The van der Waals surface area contributed by atoms with Gasteiger partial charge in [0.15, 0.2) is 6.10 Å². The molecule has 7 heteroatoms. The maximum absolute atomic E-state index is 12.7. The van der Waals surface area contributed by atoms with Crippen molar-refractivity contribution in [1.82, 2.24) is 4.90 Å². The number of aliphatic hydroxyl groups excluding tert-OH is 1. The van der Waals surface area contributed by atoms with Gasteiger partial charge in [-0.25, -0.2) is 0 Å². The van der Waals surface area contributed by atoms with Crippen molar-refractivity contribution in [2.75, 3.05) is 13.3 Å². The van der Waals surface area contributed by atoms with Crippen LogP contribution in [0.2, 0.25) is 0 Å². The number of rotatable bonds is 5. The number of likely N-dealkylation sites (N-methyl/N-ethyl adjacent to an activating group) is 1. The largest absolute Gasteiger partial charge is 0.386 e. The zero-order valence-electron chi connectivity index (χ0n) is 14.5. The van der Waals surface area contributed by atoms with Crippen molar-refractivity contribution in [1.29, 1.82) is 0 Å². The predicted octanol–water partition coefficient (Wildman–Crippen LogP) is 1.69. The fraction of sp³-hybridized carbons (Fsp3) is 0.316. The zero-order valence-corrected chi connectivity index (χ0v) is 15.3. The number of benzene rings is 2. The van der Waals surface area contributed by atoms with Crippen LogP contribution in [-0.4, -0.2) is 49.8 Å². The fourth-order valence-corrected chi connectivity index (χ4v) is 4.09. The van der Waals surface area contributed by atoms with E-state index in [2.05, 4.69) is 0 Å². The van der Waals surface area contributed by atoms with Gasteiger partial charge < -0.3 is 10.0 Å². The van der Waals surface area contributed by atoms with E-state index in [1.807, 2.05) is 24.3 Å². The van der Waals surface area contributed by atoms with Crippen LogP contribution in [0.3, 0.4) is 0 Å². The third-order valence-corrected chi connectivity index (χ3v) is 5.22. The quantitative estimate of drug-likeness (QED) is 0.804. The molecule has 0 unspecified atom stereocenters. The molecular weight excluding hydrogens is 354 g/mol. The van der Waals surface area contributed by atoms with Crippen molar-refractivity contribution < 1.29 is 22.5 Å². The number of amides is 1. The Morgan fingerprint density at radius 3 is 2.12 bits per heavy atom. The van der Waals surface area contributed by atoms with E-state index in [9.17, 15) is 18.3 Å². The molecule has 6 nitrogen and oxygen atoms in total. The summed E-state index contributed by atoms with van der Waals surface area (Å²) in [7, 11) is -2.29. The van der Waals surface area contributed by atoms with Crippen LogP contribution < -0.4 is 0 Å². The van der Waals surface area contributed by atoms with Crippen LogP contribution in [0.25, 0.3) is 0 Å². The van der Waals surface area contributed by atoms with Crippen LogP contribution in [0.15, 0.2) is 60.7 Å². The predicted molar refractivity (Wildman–Crippen MR) is 96.9 cm³/mol. The van der Waals surface area contributed by atoms with E-state index in [1.54, 1.807) is 43.4 Å². The van der Waals surface area contributed by atoms with E-state index in [4.69, 9.17) is 4.18 Å². The number of nitrogens with zero attached hydrogens (tertiary/aromatic N) is 1. The molecule has 138 valence electrons. The summed E-state index contributed by atoms with van der Waals surface area (Å²) < 4.78 is 28.5. The molecule has 0 saturated carbocycles. The van der Waals surface area contributed by atoms with Crippen LogP contribution in [0, 0.1) is 0 Å². The van der Waals surface area contributed by atoms with Gasteiger partial charge in [-0.3, -0.25) is 8.98 Å². The molecule has 0 aliphatic carbocycles. The number of aliphatic hydroxyl groups is 1. The van der Waals surface area contributed by atoms with Crippen LogP contribution in [0.4, 0.5) is 0 Å². The topological polar surface area (TPSA) is 83.9 Å². The minimum atomic E-state index is -3.85. The minimum Gasteiger partial charge on any atom is -0.386 e. The molecule has 2 aromatic rings. The van der Waals surface area contributed by atoms with Gasteiger partial charge in [0.25, 0.3) is 16.0 Å². The second-order valence-corrected chi connectivity index (χ2v) is 8.05. The maximum atomic E-state index is 12.7. The lowest BCUT2D eigenvalue weighted by molar-refractivity contribution is -0.133. The molecule has 1 fully saturated rings. The van der Waals surface area contributed by atoms with Crippen molar-refractivity contribution in [2.24, 2.45) is 0 Å². The molecule has 1 aliphatic heterocycles. The Hall–Kier alpha value is -2.22. The highest BCUT2D eigenvalue weighted by atomic mass is 32.2. The lowest BCUT2D eigenvalue weighted by atomic mass is 9.85. The molecule has 0 aromatic heterocycles. The molecule has 26 heavy (non-hydrogen) atoms. The second-order valence-electron chi connectivity index (χ2n) is 6.45. The molecule has 3 rings (SSSR count). The molecule has 2 aromatic carbocycles. The van der Waals surface area contributed by atoms with Crippen molar-refractivity contribution in [3.63, 3.8) is 0 Å². The molecule has 1 amide bonds. The van der Waals surface area contributed by atoms with E-state index in [0.717, 1.165) is 11.8 Å². The summed E-state index contributed by atoms with van der Waals surface area (Å²) in [5, 5.41) is 11.0. The molecule has 0 radical (unpaired) electrons. The van der Waals surface area contributed by atoms with E-state index >= 15 is 0 Å².